The predicted octanol–water partition coefficient (Wildman–Crippen LogP) is 3.33. The van der Waals surface area contributed by atoms with Gasteiger partial charge in [0.25, 0.3) is 0 Å². The van der Waals surface area contributed by atoms with E-state index in [9.17, 15) is 9.18 Å². The van der Waals surface area contributed by atoms with Crippen LogP contribution in [0.15, 0.2) is 55.0 Å². The number of aromatic amines is 1. The van der Waals surface area contributed by atoms with E-state index < -0.39 is 0 Å². The zero-order valence-corrected chi connectivity index (χ0v) is 16.0. The van der Waals surface area contributed by atoms with Gasteiger partial charge in [-0.3, -0.25) is 9.78 Å². The lowest BCUT2D eigenvalue weighted by Crippen LogP contribution is -2.27. The van der Waals surface area contributed by atoms with Crippen LogP contribution in [0.2, 0.25) is 0 Å². The Kier molecular flexibility index (Phi) is 5.01. The van der Waals surface area contributed by atoms with Crippen molar-refractivity contribution < 1.29 is 9.18 Å². The molecule has 0 aliphatic rings. The van der Waals surface area contributed by atoms with Crippen molar-refractivity contribution in [1.82, 2.24) is 24.8 Å². The van der Waals surface area contributed by atoms with Gasteiger partial charge in [0, 0.05) is 29.7 Å². The van der Waals surface area contributed by atoms with E-state index in [4.69, 9.17) is 0 Å². The normalized spacial score (nSPS) is 11.2. The number of nitrogens with zero attached hydrogens (tertiary/aromatic N) is 4. The van der Waals surface area contributed by atoms with Crippen LogP contribution in [0.5, 0.6) is 0 Å². The Hall–Kier alpha value is -3.65. The largest absolute Gasteiger partial charge is 0.337 e. The first kappa shape index (κ1) is 18.7. The van der Waals surface area contributed by atoms with Crippen LogP contribution in [-0.2, 0) is 4.79 Å². The van der Waals surface area contributed by atoms with Gasteiger partial charge >= 0.3 is 0 Å². The van der Waals surface area contributed by atoms with Crippen molar-refractivity contribution in [2.75, 3.05) is 26.0 Å². The number of nitrogens with one attached hydrogen (secondary N) is 2. The van der Waals surface area contributed by atoms with E-state index in [2.05, 4.69) is 25.3 Å². The second kappa shape index (κ2) is 7.76. The Bertz CT molecular complexity index is 1170. The number of hydrogen-bond acceptors (Lipinski definition) is 5. The summed E-state index contributed by atoms with van der Waals surface area (Å²) in [5, 5.41) is 2.80. The molecular formula is C21H19FN6O. The minimum absolute atomic E-state index is 0.154. The number of halogens is 1. The van der Waals surface area contributed by atoms with Gasteiger partial charge in [-0.15, -0.1) is 0 Å². The molecule has 3 aromatic heterocycles. The Morgan fingerprint density at radius 3 is 2.55 bits per heavy atom. The molecule has 4 aromatic rings. The van der Waals surface area contributed by atoms with E-state index >= 15 is 0 Å². The quantitative estimate of drug-likeness (QED) is 0.546. The molecule has 1 aromatic carbocycles. The summed E-state index contributed by atoms with van der Waals surface area (Å²) in [6.45, 7) is 0.257. The molecule has 4 rings (SSSR count). The van der Waals surface area contributed by atoms with E-state index in [0.717, 1.165) is 22.4 Å². The van der Waals surface area contributed by atoms with Gasteiger partial charge in [-0.25, -0.2) is 14.4 Å². The first-order valence-corrected chi connectivity index (χ1v) is 9.01. The van der Waals surface area contributed by atoms with E-state index in [1.807, 2.05) is 20.2 Å². The molecule has 1 amide bonds. The SMILES string of the molecule is CN(C)CC(=O)Nc1cc(-c2[nH]c3nccnc3c2-c2ccc(F)cc2)ccn1. The van der Waals surface area contributed by atoms with Crippen molar-refractivity contribution in [3.05, 3.63) is 60.8 Å². The van der Waals surface area contributed by atoms with Crippen LogP contribution in [0.1, 0.15) is 0 Å². The summed E-state index contributed by atoms with van der Waals surface area (Å²) in [4.78, 5) is 30.2. The van der Waals surface area contributed by atoms with E-state index in [1.165, 1.54) is 12.1 Å². The molecular weight excluding hydrogens is 371 g/mol. The molecule has 0 saturated heterocycles. The minimum atomic E-state index is -0.309. The monoisotopic (exact) mass is 390 g/mol. The topological polar surface area (TPSA) is 86.8 Å². The van der Waals surface area contributed by atoms with Crippen LogP contribution in [-0.4, -0.2) is 51.4 Å². The highest BCUT2D eigenvalue weighted by Gasteiger charge is 2.17. The van der Waals surface area contributed by atoms with Gasteiger partial charge in [0.2, 0.25) is 5.91 Å². The number of pyridine rings is 1. The molecule has 0 fully saturated rings. The molecule has 0 bridgehead atoms. The van der Waals surface area contributed by atoms with Crippen LogP contribution >= 0.6 is 0 Å². The fourth-order valence-corrected chi connectivity index (χ4v) is 3.15. The molecule has 0 spiro atoms. The number of amides is 1. The minimum Gasteiger partial charge on any atom is -0.337 e. The summed E-state index contributed by atoms with van der Waals surface area (Å²) in [7, 11) is 3.64. The van der Waals surface area contributed by atoms with Crippen molar-refractivity contribution in [3.8, 4) is 22.4 Å². The molecule has 0 aliphatic heterocycles. The number of rotatable bonds is 5. The molecule has 3 heterocycles. The average Bonchev–Trinajstić information content (AvgIpc) is 3.08. The second-order valence-corrected chi connectivity index (χ2v) is 6.85. The third kappa shape index (κ3) is 3.97. The van der Waals surface area contributed by atoms with Crippen LogP contribution < -0.4 is 5.32 Å². The Morgan fingerprint density at radius 2 is 1.79 bits per heavy atom. The van der Waals surface area contributed by atoms with Crippen LogP contribution in [0.3, 0.4) is 0 Å². The summed E-state index contributed by atoms with van der Waals surface area (Å²) in [6.07, 6.45) is 4.85. The standard InChI is InChI=1S/C21H19FN6O/c1-28(2)12-17(29)26-16-11-14(7-8-23-16)19-18(13-3-5-15(22)6-4-13)20-21(27-19)25-10-9-24-20/h3-11H,12H2,1-2H3,(H,25,27)(H,23,26,29). The molecule has 29 heavy (non-hydrogen) atoms. The summed E-state index contributed by atoms with van der Waals surface area (Å²) in [6, 6.07) is 9.85. The lowest BCUT2D eigenvalue weighted by atomic mass is 10.0. The summed E-state index contributed by atoms with van der Waals surface area (Å²) in [5.74, 6) is -0.0200. The lowest BCUT2D eigenvalue weighted by molar-refractivity contribution is -0.116. The van der Waals surface area contributed by atoms with Gasteiger partial charge in [-0.05, 0) is 43.9 Å². The summed E-state index contributed by atoms with van der Waals surface area (Å²) < 4.78 is 13.4. The average molecular weight is 390 g/mol. The van der Waals surface area contributed by atoms with E-state index in [1.54, 1.807) is 41.7 Å². The number of benzene rings is 1. The molecule has 0 radical (unpaired) electrons. The molecule has 7 nitrogen and oxygen atoms in total. The highest BCUT2D eigenvalue weighted by Crippen LogP contribution is 2.37. The number of fused-ring (bicyclic) bond motifs is 1. The van der Waals surface area contributed by atoms with Gasteiger partial charge in [-0.1, -0.05) is 12.1 Å². The fraction of sp³-hybridized carbons (Fsp3) is 0.143. The molecule has 146 valence electrons. The predicted molar refractivity (Wildman–Crippen MR) is 110 cm³/mol. The number of likely N-dealkylation sites (N-methyl/N-ethyl adjacent to an activating group) is 1. The Labute approximate surface area is 166 Å². The highest BCUT2D eigenvalue weighted by atomic mass is 19.1. The van der Waals surface area contributed by atoms with Crippen molar-refractivity contribution >= 4 is 22.9 Å². The first-order chi connectivity index (χ1) is 14.0. The molecule has 0 aliphatic carbocycles. The number of anilines is 1. The maximum absolute atomic E-state index is 13.4. The Morgan fingerprint density at radius 1 is 1.03 bits per heavy atom. The number of H-pyrrole nitrogens is 1. The van der Waals surface area contributed by atoms with Gasteiger partial charge in [-0.2, -0.15) is 0 Å². The smallest absolute Gasteiger partial charge is 0.239 e. The number of hydrogen-bond donors (Lipinski definition) is 2. The second-order valence-electron chi connectivity index (χ2n) is 6.85. The number of carbonyl (C=O) groups excluding carboxylic acids is 1. The van der Waals surface area contributed by atoms with Gasteiger partial charge in [0.1, 0.15) is 17.2 Å². The third-order valence-electron chi connectivity index (χ3n) is 4.34. The van der Waals surface area contributed by atoms with Gasteiger partial charge in [0.05, 0.1) is 12.2 Å². The zero-order valence-electron chi connectivity index (χ0n) is 16.0. The van der Waals surface area contributed by atoms with Crippen molar-refractivity contribution in [2.45, 2.75) is 0 Å². The van der Waals surface area contributed by atoms with Crippen molar-refractivity contribution in [3.63, 3.8) is 0 Å². The maximum Gasteiger partial charge on any atom is 0.239 e. The van der Waals surface area contributed by atoms with Gasteiger partial charge in [0.15, 0.2) is 5.65 Å². The molecule has 0 saturated carbocycles. The fourth-order valence-electron chi connectivity index (χ4n) is 3.15. The van der Waals surface area contributed by atoms with Crippen molar-refractivity contribution in [2.24, 2.45) is 0 Å². The molecule has 8 heteroatoms. The highest BCUT2D eigenvalue weighted by molar-refractivity contribution is 6.00. The molecule has 0 unspecified atom stereocenters. The summed E-state index contributed by atoms with van der Waals surface area (Å²) in [5.41, 5.74) is 4.50. The number of aromatic nitrogens is 4. The molecule has 2 N–H and O–H groups in total. The van der Waals surface area contributed by atoms with Crippen molar-refractivity contribution in [1.29, 1.82) is 0 Å². The summed E-state index contributed by atoms with van der Waals surface area (Å²) >= 11 is 0. The van der Waals surface area contributed by atoms with Crippen LogP contribution in [0, 0.1) is 5.82 Å². The zero-order chi connectivity index (χ0) is 20.4. The number of carbonyl (C=O) groups is 1. The van der Waals surface area contributed by atoms with Gasteiger partial charge < -0.3 is 15.2 Å². The first-order valence-electron chi connectivity index (χ1n) is 9.01. The van der Waals surface area contributed by atoms with Crippen LogP contribution in [0.4, 0.5) is 10.2 Å². The maximum atomic E-state index is 13.4. The lowest BCUT2D eigenvalue weighted by Gasteiger charge is -2.11. The third-order valence-corrected chi connectivity index (χ3v) is 4.34. The van der Waals surface area contributed by atoms with E-state index in [-0.39, 0.29) is 18.3 Å². The molecule has 0 atom stereocenters. The van der Waals surface area contributed by atoms with Crippen LogP contribution in [0.25, 0.3) is 33.5 Å². The Balaban J connectivity index is 1.80. The van der Waals surface area contributed by atoms with E-state index in [0.29, 0.717) is 17.0 Å².